The molecule has 0 heterocycles. The highest BCUT2D eigenvalue weighted by atomic mass is 32.2. The second kappa shape index (κ2) is 8.20. The van der Waals surface area contributed by atoms with Gasteiger partial charge in [0.05, 0.1) is 12.7 Å². The zero-order valence-electron chi connectivity index (χ0n) is 15.7. The number of nitrogens with one attached hydrogen (secondary N) is 1. The van der Waals surface area contributed by atoms with Crippen LogP contribution in [0.3, 0.4) is 0 Å². The molecule has 2 aromatic rings. The lowest BCUT2D eigenvalue weighted by molar-refractivity contribution is 0.0565. The van der Waals surface area contributed by atoms with E-state index in [0.29, 0.717) is 18.6 Å². The molecule has 1 atom stereocenters. The maximum atomic E-state index is 12.7. The van der Waals surface area contributed by atoms with Crippen molar-refractivity contribution in [2.45, 2.75) is 44.1 Å². The van der Waals surface area contributed by atoms with Gasteiger partial charge in [-0.25, -0.2) is 13.1 Å². The lowest BCUT2D eigenvalue weighted by atomic mass is 9.97. The van der Waals surface area contributed by atoms with Crippen LogP contribution in [0.5, 0.6) is 5.75 Å². The lowest BCUT2D eigenvalue weighted by Gasteiger charge is -2.24. The smallest absolute Gasteiger partial charge is 0.244 e. The molecular weight excluding hydrogens is 350 g/mol. The summed E-state index contributed by atoms with van der Waals surface area (Å²) in [6, 6.07) is 13.1. The van der Waals surface area contributed by atoms with Crippen molar-refractivity contribution in [3.8, 4) is 5.75 Å². The Kier molecular flexibility index (Phi) is 6.44. The molecule has 6 heteroatoms. The summed E-state index contributed by atoms with van der Waals surface area (Å²) >= 11 is 0. The average molecular weight is 378 g/mol. The Bertz CT molecular complexity index is 846. The van der Waals surface area contributed by atoms with E-state index in [1.54, 1.807) is 19.1 Å². The number of hydrogen-bond acceptors (Lipinski definition) is 4. The molecule has 0 fully saturated rings. The molecule has 0 aliphatic carbocycles. The molecule has 0 saturated carbocycles. The summed E-state index contributed by atoms with van der Waals surface area (Å²) in [6.07, 6.45) is 1.12. The number of ether oxygens (including phenoxy) is 1. The van der Waals surface area contributed by atoms with Crippen molar-refractivity contribution < 1.29 is 18.3 Å². The van der Waals surface area contributed by atoms with Crippen LogP contribution in [0.2, 0.25) is 0 Å². The van der Waals surface area contributed by atoms with Gasteiger partial charge in [-0.2, -0.15) is 0 Å². The maximum absolute atomic E-state index is 12.7. The largest absolute Gasteiger partial charge is 0.495 e. The highest BCUT2D eigenvalue weighted by Crippen LogP contribution is 2.27. The first-order chi connectivity index (χ1) is 12.1. The molecule has 5 nitrogen and oxygen atoms in total. The highest BCUT2D eigenvalue weighted by Gasteiger charge is 2.26. The molecule has 26 heavy (non-hydrogen) atoms. The molecule has 2 aromatic carbocycles. The Balaban J connectivity index is 2.08. The quantitative estimate of drug-likeness (QED) is 0.742. The van der Waals surface area contributed by atoms with Crippen LogP contribution in [0.1, 0.15) is 30.0 Å². The first-order valence-electron chi connectivity index (χ1n) is 8.56. The highest BCUT2D eigenvalue weighted by molar-refractivity contribution is 7.89. The molecule has 0 aromatic heterocycles. The standard InChI is InChI=1S/C20H27NO4S/c1-15-12-18(25-4)19(13-16(15)2)26(23,24)21-14-20(3,22)11-10-17-8-6-5-7-9-17/h5-9,12-13,21-22H,10-11,14H2,1-4H3. The van der Waals surface area contributed by atoms with Crippen LogP contribution >= 0.6 is 0 Å². The van der Waals surface area contributed by atoms with Crippen LogP contribution < -0.4 is 9.46 Å². The van der Waals surface area contributed by atoms with E-state index in [1.165, 1.54) is 7.11 Å². The summed E-state index contributed by atoms with van der Waals surface area (Å²) in [7, 11) is -2.35. The topological polar surface area (TPSA) is 75.6 Å². The Hall–Kier alpha value is -1.89. The van der Waals surface area contributed by atoms with Crippen molar-refractivity contribution in [3.63, 3.8) is 0 Å². The third-order valence-electron chi connectivity index (χ3n) is 4.51. The Morgan fingerprint density at radius 2 is 1.73 bits per heavy atom. The number of benzene rings is 2. The first kappa shape index (κ1) is 20.4. The van der Waals surface area contributed by atoms with Crippen LogP contribution in [-0.4, -0.2) is 32.8 Å². The fraction of sp³-hybridized carbons (Fsp3) is 0.400. The van der Waals surface area contributed by atoms with E-state index in [2.05, 4.69) is 4.72 Å². The Morgan fingerprint density at radius 3 is 2.35 bits per heavy atom. The van der Waals surface area contributed by atoms with Gasteiger partial charge >= 0.3 is 0 Å². The molecule has 0 spiro atoms. The summed E-state index contributed by atoms with van der Waals surface area (Å²) in [5, 5.41) is 10.6. The zero-order valence-corrected chi connectivity index (χ0v) is 16.6. The second-order valence-electron chi connectivity index (χ2n) is 6.89. The number of sulfonamides is 1. The number of hydrogen-bond donors (Lipinski definition) is 2. The summed E-state index contributed by atoms with van der Waals surface area (Å²) in [6.45, 7) is 5.31. The number of aryl methyl sites for hydroxylation is 3. The fourth-order valence-corrected chi connectivity index (χ4v) is 4.00. The zero-order chi connectivity index (χ0) is 19.4. The molecular formula is C20H27NO4S. The minimum Gasteiger partial charge on any atom is -0.495 e. The van der Waals surface area contributed by atoms with Crippen molar-refractivity contribution in [1.82, 2.24) is 4.72 Å². The molecule has 142 valence electrons. The van der Waals surface area contributed by atoms with Gasteiger partial charge in [0.2, 0.25) is 10.0 Å². The van der Waals surface area contributed by atoms with Gasteiger partial charge in [-0.05, 0) is 62.4 Å². The Labute approximate surface area is 156 Å². The minimum absolute atomic E-state index is 0.0712. The minimum atomic E-state index is -3.79. The maximum Gasteiger partial charge on any atom is 0.244 e. The number of methoxy groups -OCH3 is 1. The molecule has 0 aliphatic heterocycles. The van der Waals surface area contributed by atoms with Crippen molar-refractivity contribution >= 4 is 10.0 Å². The van der Waals surface area contributed by atoms with E-state index in [-0.39, 0.29) is 11.4 Å². The van der Waals surface area contributed by atoms with Crippen LogP contribution in [-0.2, 0) is 16.4 Å². The van der Waals surface area contributed by atoms with Gasteiger partial charge < -0.3 is 9.84 Å². The molecule has 0 bridgehead atoms. The van der Waals surface area contributed by atoms with Gasteiger partial charge in [0.25, 0.3) is 0 Å². The van der Waals surface area contributed by atoms with Gasteiger partial charge in [0.15, 0.2) is 0 Å². The molecule has 2 N–H and O–H groups in total. The SMILES string of the molecule is COc1cc(C)c(C)cc1S(=O)(=O)NCC(C)(O)CCc1ccccc1. The summed E-state index contributed by atoms with van der Waals surface area (Å²) in [5.41, 5.74) is 1.76. The predicted molar refractivity (Wildman–Crippen MR) is 103 cm³/mol. The fourth-order valence-electron chi connectivity index (χ4n) is 2.61. The van der Waals surface area contributed by atoms with E-state index in [1.807, 2.05) is 44.2 Å². The third kappa shape index (κ3) is 5.30. The average Bonchev–Trinajstić information content (AvgIpc) is 2.61. The van der Waals surface area contributed by atoms with Gasteiger partial charge in [0.1, 0.15) is 10.6 Å². The van der Waals surface area contributed by atoms with Crippen molar-refractivity contribution in [2.24, 2.45) is 0 Å². The van der Waals surface area contributed by atoms with Gasteiger partial charge in [-0.3, -0.25) is 0 Å². The van der Waals surface area contributed by atoms with Crippen molar-refractivity contribution in [2.75, 3.05) is 13.7 Å². The van der Waals surface area contributed by atoms with Crippen LogP contribution in [0, 0.1) is 13.8 Å². The van der Waals surface area contributed by atoms with Crippen LogP contribution in [0.15, 0.2) is 47.4 Å². The summed E-state index contributed by atoms with van der Waals surface area (Å²) in [4.78, 5) is 0.0851. The summed E-state index contributed by atoms with van der Waals surface area (Å²) in [5.74, 6) is 0.296. The lowest BCUT2D eigenvalue weighted by Crippen LogP contribution is -2.41. The van der Waals surface area contributed by atoms with E-state index >= 15 is 0 Å². The van der Waals surface area contributed by atoms with Gasteiger partial charge in [0, 0.05) is 6.54 Å². The normalized spacial score (nSPS) is 14.0. The predicted octanol–water partition coefficient (Wildman–Crippen LogP) is 2.97. The van der Waals surface area contributed by atoms with Crippen LogP contribution in [0.4, 0.5) is 0 Å². The van der Waals surface area contributed by atoms with Gasteiger partial charge in [-0.15, -0.1) is 0 Å². The van der Waals surface area contributed by atoms with E-state index in [4.69, 9.17) is 4.74 Å². The second-order valence-corrected chi connectivity index (χ2v) is 8.63. The van der Waals surface area contributed by atoms with E-state index in [9.17, 15) is 13.5 Å². The van der Waals surface area contributed by atoms with Crippen molar-refractivity contribution in [1.29, 1.82) is 0 Å². The molecule has 1 unspecified atom stereocenters. The van der Waals surface area contributed by atoms with Crippen LogP contribution in [0.25, 0.3) is 0 Å². The third-order valence-corrected chi connectivity index (χ3v) is 5.93. The number of aliphatic hydroxyl groups is 1. The molecule has 0 amide bonds. The molecule has 0 aliphatic rings. The van der Waals surface area contributed by atoms with E-state index < -0.39 is 15.6 Å². The number of rotatable bonds is 8. The van der Waals surface area contributed by atoms with E-state index in [0.717, 1.165) is 16.7 Å². The summed E-state index contributed by atoms with van der Waals surface area (Å²) < 4.78 is 33.1. The molecule has 2 rings (SSSR count). The molecule has 0 saturated heterocycles. The molecule has 0 radical (unpaired) electrons. The monoisotopic (exact) mass is 377 g/mol. The first-order valence-corrected chi connectivity index (χ1v) is 10.0. The van der Waals surface area contributed by atoms with Gasteiger partial charge in [-0.1, -0.05) is 30.3 Å². The Morgan fingerprint density at radius 1 is 1.12 bits per heavy atom. The van der Waals surface area contributed by atoms with Crippen molar-refractivity contribution in [3.05, 3.63) is 59.2 Å².